The molecular formula is C11H17NO3S2. The second-order valence-electron chi connectivity index (χ2n) is 4.38. The first kappa shape index (κ1) is 13.0. The highest BCUT2D eigenvalue weighted by molar-refractivity contribution is 7.91. The van der Waals surface area contributed by atoms with Crippen LogP contribution in [0.1, 0.15) is 23.3 Å². The molecular weight excluding hydrogens is 258 g/mol. The third-order valence-corrected chi connectivity index (χ3v) is 6.53. The summed E-state index contributed by atoms with van der Waals surface area (Å²) in [6.07, 6.45) is 1.81. The molecule has 1 N–H and O–H groups in total. The molecule has 0 amide bonds. The van der Waals surface area contributed by atoms with Crippen LogP contribution in [0.25, 0.3) is 0 Å². The van der Waals surface area contributed by atoms with Crippen LogP contribution >= 0.6 is 11.3 Å². The Morgan fingerprint density at radius 2 is 2.12 bits per heavy atom. The Bertz CT molecular complexity index is 483. The van der Waals surface area contributed by atoms with Gasteiger partial charge in [-0.25, -0.2) is 8.42 Å². The molecule has 0 spiro atoms. The van der Waals surface area contributed by atoms with Gasteiger partial charge < -0.3 is 5.11 Å². The Balaban J connectivity index is 2.33. The molecule has 1 fully saturated rings. The molecule has 0 radical (unpaired) electrons. The highest BCUT2D eigenvalue weighted by Gasteiger charge is 2.38. The van der Waals surface area contributed by atoms with Gasteiger partial charge in [0, 0.05) is 17.5 Å². The van der Waals surface area contributed by atoms with Gasteiger partial charge >= 0.3 is 0 Å². The van der Waals surface area contributed by atoms with E-state index in [1.54, 1.807) is 6.07 Å². The predicted octanol–water partition coefficient (Wildman–Crippen LogP) is 1.51. The van der Waals surface area contributed by atoms with Crippen LogP contribution in [0.15, 0.2) is 10.3 Å². The summed E-state index contributed by atoms with van der Waals surface area (Å²) in [5, 5.41) is 8.98. The first-order valence-electron chi connectivity index (χ1n) is 5.66. The number of aryl methyl sites for hydroxylation is 2. The Hall–Kier alpha value is -0.430. The minimum Gasteiger partial charge on any atom is -0.395 e. The maximum Gasteiger partial charge on any atom is 0.252 e. The molecule has 96 valence electrons. The summed E-state index contributed by atoms with van der Waals surface area (Å²) in [5.74, 6) is 0. The van der Waals surface area contributed by atoms with Crippen LogP contribution in [-0.4, -0.2) is 37.0 Å². The quantitative estimate of drug-likeness (QED) is 0.886. The molecule has 0 aromatic carbocycles. The Morgan fingerprint density at radius 1 is 1.47 bits per heavy atom. The molecule has 1 saturated carbocycles. The van der Waals surface area contributed by atoms with E-state index >= 15 is 0 Å². The molecule has 6 heteroatoms. The summed E-state index contributed by atoms with van der Waals surface area (Å²) in [7, 11) is -3.41. The van der Waals surface area contributed by atoms with E-state index in [2.05, 4.69) is 0 Å². The van der Waals surface area contributed by atoms with E-state index < -0.39 is 10.0 Å². The van der Waals surface area contributed by atoms with Crippen molar-refractivity contribution in [3.63, 3.8) is 0 Å². The fourth-order valence-corrected chi connectivity index (χ4v) is 5.07. The van der Waals surface area contributed by atoms with E-state index in [4.69, 9.17) is 5.11 Å². The third-order valence-electron chi connectivity index (χ3n) is 2.98. The monoisotopic (exact) mass is 275 g/mol. The molecule has 4 nitrogen and oxygen atoms in total. The number of aliphatic hydroxyl groups is 1. The zero-order valence-electron chi connectivity index (χ0n) is 10.0. The summed E-state index contributed by atoms with van der Waals surface area (Å²) >= 11 is 1.31. The first-order valence-corrected chi connectivity index (χ1v) is 7.92. The van der Waals surface area contributed by atoms with Gasteiger partial charge in [0.1, 0.15) is 4.21 Å². The van der Waals surface area contributed by atoms with Crippen molar-refractivity contribution < 1.29 is 13.5 Å². The molecule has 0 unspecified atom stereocenters. The van der Waals surface area contributed by atoms with Crippen molar-refractivity contribution in [1.82, 2.24) is 4.31 Å². The van der Waals surface area contributed by atoms with Crippen molar-refractivity contribution in [2.75, 3.05) is 13.2 Å². The van der Waals surface area contributed by atoms with E-state index in [1.807, 2.05) is 13.8 Å². The lowest BCUT2D eigenvalue weighted by molar-refractivity contribution is 0.250. The van der Waals surface area contributed by atoms with Crippen LogP contribution in [-0.2, 0) is 10.0 Å². The van der Waals surface area contributed by atoms with Gasteiger partial charge in [-0.2, -0.15) is 4.31 Å². The van der Waals surface area contributed by atoms with Gasteiger partial charge in [0.05, 0.1) is 6.61 Å². The number of hydrogen-bond donors (Lipinski definition) is 1. The molecule has 0 aliphatic heterocycles. The molecule has 17 heavy (non-hydrogen) atoms. The van der Waals surface area contributed by atoms with Gasteiger partial charge in [0.15, 0.2) is 0 Å². The topological polar surface area (TPSA) is 57.6 Å². The predicted molar refractivity (Wildman–Crippen MR) is 67.8 cm³/mol. The standard InChI is InChI=1S/C11H17NO3S2/c1-8-7-11(16-9(8)2)17(14,15)12(5-6-13)10-3-4-10/h7,10,13H,3-6H2,1-2H3. The fraction of sp³-hybridized carbons (Fsp3) is 0.636. The molecule has 0 saturated heterocycles. The average molecular weight is 275 g/mol. The summed E-state index contributed by atoms with van der Waals surface area (Å²) in [4.78, 5) is 1.03. The zero-order chi connectivity index (χ0) is 12.6. The van der Waals surface area contributed by atoms with Crippen LogP contribution in [0.2, 0.25) is 0 Å². The van der Waals surface area contributed by atoms with Gasteiger partial charge in [-0.3, -0.25) is 0 Å². The summed E-state index contributed by atoms with van der Waals surface area (Å²) in [5.41, 5.74) is 1.01. The minimum absolute atomic E-state index is 0.0925. The van der Waals surface area contributed by atoms with Crippen molar-refractivity contribution in [3.8, 4) is 0 Å². The van der Waals surface area contributed by atoms with Gasteiger partial charge in [-0.05, 0) is 38.3 Å². The number of nitrogens with zero attached hydrogens (tertiary/aromatic N) is 1. The number of aliphatic hydroxyl groups excluding tert-OH is 1. The largest absolute Gasteiger partial charge is 0.395 e. The SMILES string of the molecule is Cc1cc(S(=O)(=O)N(CCO)C2CC2)sc1C. The second kappa shape index (κ2) is 4.68. The number of sulfonamides is 1. The zero-order valence-corrected chi connectivity index (χ0v) is 11.6. The number of thiophene rings is 1. The summed E-state index contributed by atoms with van der Waals surface area (Å²) in [6, 6.07) is 1.82. The lowest BCUT2D eigenvalue weighted by Crippen LogP contribution is -2.35. The highest BCUT2D eigenvalue weighted by atomic mass is 32.2. The van der Waals surface area contributed by atoms with Gasteiger partial charge in [0.2, 0.25) is 0 Å². The van der Waals surface area contributed by atoms with E-state index in [-0.39, 0.29) is 19.2 Å². The van der Waals surface area contributed by atoms with Crippen molar-refractivity contribution in [2.45, 2.75) is 36.9 Å². The maximum atomic E-state index is 12.4. The van der Waals surface area contributed by atoms with Crippen molar-refractivity contribution in [3.05, 3.63) is 16.5 Å². The van der Waals surface area contributed by atoms with Crippen molar-refractivity contribution >= 4 is 21.4 Å². The Kier molecular flexibility index (Phi) is 3.58. The lowest BCUT2D eigenvalue weighted by atomic mass is 10.3. The minimum atomic E-state index is -3.41. The van der Waals surface area contributed by atoms with Crippen LogP contribution < -0.4 is 0 Å². The van der Waals surface area contributed by atoms with Gasteiger partial charge in [-0.15, -0.1) is 11.3 Å². The van der Waals surface area contributed by atoms with Crippen LogP contribution in [0.5, 0.6) is 0 Å². The van der Waals surface area contributed by atoms with Crippen molar-refractivity contribution in [1.29, 1.82) is 0 Å². The molecule has 1 aromatic rings. The number of hydrogen-bond acceptors (Lipinski definition) is 4. The molecule has 1 heterocycles. The lowest BCUT2D eigenvalue weighted by Gasteiger charge is -2.19. The average Bonchev–Trinajstić information content (AvgIpc) is 3.03. The normalized spacial score (nSPS) is 16.7. The summed E-state index contributed by atoms with van der Waals surface area (Å²) in [6.45, 7) is 3.91. The first-order chi connectivity index (χ1) is 7.96. The van der Waals surface area contributed by atoms with E-state index in [9.17, 15) is 8.42 Å². The van der Waals surface area contributed by atoms with Crippen LogP contribution in [0, 0.1) is 13.8 Å². The smallest absolute Gasteiger partial charge is 0.252 e. The summed E-state index contributed by atoms with van der Waals surface area (Å²) < 4.78 is 26.6. The van der Waals surface area contributed by atoms with E-state index in [0.29, 0.717) is 4.21 Å². The molecule has 1 aromatic heterocycles. The Morgan fingerprint density at radius 3 is 2.53 bits per heavy atom. The molecule has 2 rings (SSSR count). The van der Waals surface area contributed by atoms with E-state index in [0.717, 1.165) is 23.3 Å². The highest BCUT2D eigenvalue weighted by Crippen LogP contribution is 2.34. The molecule has 0 bridgehead atoms. The van der Waals surface area contributed by atoms with Crippen LogP contribution in [0.3, 0.4) is 0 Å². The van der Waals surface area contributed by atoms with Gasteiger partial charge in [0.25, 0.3) is 10.0 Å². The van der Waals surface area contributed by atoms with Crippen molar-refractivity contribution in [2.24, 2.45) is 0 Å². The van der Waals surface area contributed by atoms with Gasteiger partial charge in [-0.1, -0.05) is 0 Å². The van der Waals surface area contributed by atoms with Crippen LogP contribution in [0.4, 0.5) is 0 Å². The van der Waals surface area contributed by atoms with E-state index in [1.165, 1.54) is 15.6 Å². The molecule has 0 atom stereocenters. The third kappa shape index (κ3) is 2.54. The number of rotatable bonds is 5. The Labute approximate surface area is 106 Å². The maximum absolute atomic E-state index is 12.4. The second-order valence-corrected chi connectivity index (χ2v) is 7.75. The fourth-order valence-electron chi connectivity index (χ4n) is 1.74. The molecule has 1 aliphatic rings. The molecule has 1 aliphatic carbocycles.